The highest BCUT2D eigenvalue weighted by molar-refractivity contribution is 5.60. The molecule has 3 heteroatoms. The highest BCUT2D eigenvalue weighted by atomic mass is 15.0. The molecule has 0 aliphatic rings. The zero-order chi connectivity index (χ0) is 11.5. The van der Waals surface area contributed by atoms with E-state index in [9.17, 15) is 0 Å². The molecule has 3 nitrogen and oxygen atoms in total. The fourth-order valence-corrected chi connectivity index (χ4v) is 1.78. The molecule has 0 saturated carbocycles. The molecule has 0 aliphatic heterocycles. The molecule has 0 amide bonds. The number of rotatable bonds is 3. The predicted molar refractivity (Wildman–Crippen MR) is 67.0 cm³/mol. The zero-order valence-electron chi connectivity index (χ0n) is 9.70. The average molecular weight is 215 g/mol. The average Bonchev–Trinajstić information content (AvgIpc) is 2.65. The number of anilines is 1. The third-order valence-electron chi connectivity index (χ3n) is 2.50. The monoisotopic (exact) mass is 215 g/mol. The zero-order valence-corrected chi connectivity index (χ0v) is 9.70. The van der Waals surface area contributed by atoms with E-state index in [1.165, 1.54) is 5.56 Å². The number of nitrogen functional groups attached to an aromatic ring is 1. The lowest BCUT2D eigenvalue weighted by Gasteiger charge is -2.05. The fourth-order valence-electron chi connectivity index (χ4n) is 1.78. The topological polar surface area (TPSA) is 54.7 Å². The summed E-state index contributed by atoms with van der Waals surface area (Å²) in [5.74, 6) is 1.15. The van der Waals surface area contributed by atoms with Crippen LogP contribution in [0.2, 0.25) is 0 Å². The Morgan fingerprint density at radius 3 is 2.44 bits per heavy atom. The van der Waals surface area contributed by atoms with E-state index >= 15 is 0 Å². The summed E-state index contributed by atoms with van der Waals surface area (Å²) in [7, 11) is 0. The number of hydrogen-bond donors (Lipinski definition) is 2. The molecule has 1 aromatic heterocycles. The molecule has 0 spiro atoms. The van der Waals surface area contributed by atoms with Crippen molar-refractivity contribution in [2.24, 2.45) is 5.92 Å². The van der Waals surface area contributed by atoms with Crippen LogP contribution in [0.5, 0.6) is 0 Å². The van der Waals surface area contributed by atoms with Gasteiger partial charge >= 0.3 is 0 Å². The number of imidazole rings is 1. The van der Waals surface area contributed by atoms with E-state index in [1.807, 2.05) is 0 Å². The predicted octanol–water partition coefficient (Wildman–Crippen LogP) is 2.86. The van der Waals surface area contributed by atoms with Gasteiger partial charge in [-0.2, -0.15) is 0 Å². The maximum absolute atomic E-state index is 5.55. The van der Waals surface area contributed by atoms with Crippen molar-refractivity contribution >= 4 is 5.95 Å². The third kappa shape index (κ3) is 2.42. The van der Waals surface area contributed by atoms with Crippen LogP contribution in [0.25, 0.3) is 11.3 Å². The highest BCUT2D eigenvalue weighted by Gasteiger charge is 2.02. The minimum Gasteiger partial charge on any atom is -0.369 e. The fraction of sp³-hybridized carbons (Fsp3) is 0.308. The first kappa shape index (κ1) is 10.7. The molecule has 2 rings (SSSR count). The van der Waals surface area contributed by atoms with E-state index < -0.39 is 0 Å². The van der Waals surface area contributed by atoms with Crippen LogP contribution in [-0.4, -0.2) is 9.97 Å². The minimum absolute atomic E-state index is 0.459. The number of hydrogen-bond acceptors (Lipinski definition) is 2. The summed E-state index contributed by atoms with van der Waals surface area (Å²) in [6.07, 6.45) is 2.87. The SMILES string of the molecule is CC(C)Cc1ccc(-c2cnc(N)[nH]2)cc1. The Bertz CT molecular complexity index is 454. The molecule has 84 valence electrons. The van der Waals surface area contributed by atoms with E-state index in [-0.39, 0.29) is 0 Å². The summed E-state index contributed by atoms with van der Waals surface area (Å²) in [6, 6.07) is 8.52. The van der Waals surface area contributed by atoms with Gasteiger partial charge in [0.2, 0.25) is 0 Å². The van der Waals surface area contributed by atoms with Gasteiger partial charge in [0.1, 0.15) is 0 Å². The first-order chi connectivity index (χ1) is 7.65. The number of nitrogens with one attached hydrogen (secondary N) is 1. The van der Waals surface area contributed by atoms with Gasteiger partial charge in [-0.3, -0.25) is 0 Å². The Morgan fingerprint density at radius 1 is 1.25 bits per heavy atom. The third-order valence-corrected chi connectivity index (χ3v) is 2.50. The normalized spacial score (nSPS) is 10.9. The molecule has 0 atom stereocenters. The van der Waals surface area contributed by atoms with Crippen molar-refractivity contribution in [2.75, 3.05) is 5.73 Å². The largest absolute Gasteiger partial charge is 0.369 e. The van der Waals surface area contributed by atoms with Gasteiger partial charge in [-0.25, -0.2) is 4.98 Å². The number of aromatic amines is 1. The quantitative estimate of drug-likeness (QED) is 0.827. The molecule has 0 saturated heterocycles. The van der Waals surface area contributed by atoms with E-state index in [1.54, 1.807) is 6.20 Å². The Kier molecular flexibility index (Phi) is 2.95. The maximum atomic E-state index is 5.55. The van der Waals surface area contributed by atoms with E-state index in [0.717, 1.165) is 17.7 Å². The molecule has 16 heavy (non-hydrogen) atoms. The van der Waals surface area contributed by atoms with Crippen molar-refractivity contribution in [3.63, 3.8) is 0 Å². The highest BCUT2D eigenvalue weighted by Crippen LogP contribution is 2.19. The second-order valence-corrected chi connectivity index (χ2v) is 4.48. The molecule has 3 N–H and O–H groups in total. The van der Waals surface area contributed by atoms with Gasteiger partial charge in [0.05, 0.1) is 11.9 Å². The molecule has 1 aromatic carbocycles. The standard InChI is InChI=1S/C13H17N3/c1-9(2)7-10-3-5-11(6-4-10)12-8-15-13(14)16-12/h3-6,8-9H,7H2,1-2H3,(H3,14,15,16). The molecule has 2 aromatic rings. The molecule has 0 unspecified atom stereocenters. The van der Waals surface area contributed by atoms with Crippen molar-refractivity contribution in [2.45, 2.75) is 20.3 Å². The smallest absolute Gasteiger partial charge is 0.197 e. The summed E-state index contributed by atoms with van der Waals surface area (Å²) in [5.41, 5.74) is 9.00. The van der Waals surface area contributed by atoms with E-state index in [4.69, 9.17) is 5.73 Å². The van der Waals surface area contributed by atoms with Gasteiger partial charge < -0.3 is 10.7 Å². The molecule has 0 aliphatic carbocycles. The number of nitrogens with zero attached hydrogens (tertiary/aromatic N) is 1. The first-order valence-electron chi connectivity index (χ1n) is 5.55. The molecule has 0 bridgehead atoms. The summed E-state index contributed by atoms with van der Waals surface area (Å²) in [6.45, 7) is 4.45. The number of aromatic nitrogens is 2. The van der Waals surface area contributed by atoms with Gasteiger partial charge in [-0.05, 0) is 23.5 Å². The Labute approximate surface area is 95.7 Å². The van der Waals surface area contributed by atoms with E-state index in [0.29, 0.717) is 11.9 Å². The van der Waals surface area contributed by atoms with Gasteiger partial charge in [-0.15, -0.1) is 0 Å². The molecule has 1 heterocycles. The summed E-state index contributed by atoms with van der Waals surface area (Å²) < 4.78 is 0. The summed E-state index contributed by atoms with van der Waals surface area (Å²) in [4.78, 5) is 7.01. The van der Waals surface area contributed by atoms with Crippen molar-refractivity contribution in [3.8, 4) is 11.3 Å². The van der Waals surface area contributed by atoms with Crippen LogP contribution in [0, 0.1) is 5.92 Å². The Hall–Kier alpha value is -1.77. The second-order valence-electron chi connectivity index (χ2n) is 4.48. The van der Waals surface area contributed by atoms with E-state index in [2.05, 4.69) is 48.1 Å². The lowest BCUT2D eigenvalue weighted by molar-refractivity contribution is 0.647. The summed E-state index contributed by atoms with van der Waals surface area (Å²) >= 11 is 0. The van der Waals surface area contributed by atoms with Crippen molar-refractivity contribution in [1.29, 1.82) is 0 Å². The lowest BCUT2D eigenvalue weighted by Crippen LogP contribution is -1.93. The van der Waals surface area contributed by atoms with Crippen LogP contribution in [0.3, 0.4) is 0 Å². The summed E-state index contributed by atoms with van der Waals surface area (Å²) in [5, 5.41) is 0. The minimum atomic E-state index is 0.459. The van der Waals surface area contributed by atoms with Gasteiger partial charge in [0, 0.05) is 0 Å². The number of benzene rings is 1. The Morgan fingerprint density at radius 2 is 1.94 bits per heavy atom. The molecular formula is C13H17N3. The first-order valence-corrected chi connectivity index (χ1v) is 5.55. The number of H-pyrrole nitrogens is 1. The maximum Gasteiger partial charge on any atom is 0.197 e. The van der Waals surface area contributed by atoms with Crippen LogP contribution in [0.4, 0.5) is 5.95 Å². The van der Waals surface area contributed by atoms with Crippen molar-refractivity contribution in [3.05, 3.63) is 36.0 Å². The van der Waals surface area contributed by atoms with Crippen molar-refractivity contribution < 1.29 is 0 Å². The van der Waals surface area contributed by atoms with Gasteiger partial charge in [0.15, 0.2) is 5.95 Å². The van der Waals surface area contributed by atoms with Crippen LogP contribution in [0.15, 0.2) is 30.5 Å². The molecule has 0 radical (unpaired) electrons. The van der Waals surface area contributed by atoms with Crippen molar-refractivity contribution in [1.82, 2.24) is 9.97 Å². The molecular weight excluding hydrogens is 198 g/mol. The molecule has 0 fully saturated rings. The van der Waals surface area contributed by atoms with Gasteiger partial charge in [-0.1, -0.05) is 38.1 Å². The van der Waals surface area contributed by atoms with Crippen LogP contribution >= 0.6 is 0 Å². The van der Waals surface area contributed by atoms with Crippen LogP contribution < -0.4 is 5.73 Å². The second kappa shape index (κ2) is 4.39. The van der Waals surface area contributed by atoms with Crippen LogP contribution in [-0.2, 0) is 6.42 Å². The van der Waals surface area contributed by atoms with Gasteiger partial charge in [0.25, 0.3) is 0 Å². The van der Waals surface area contributed by atoms with Crippen LogP contribution in [0.1, 0.15) is 19.4 Å². The lowest BCUT2D eigenvalue weighted by atomic mass is 10.0. The Balaban J connectivity index is 2.19. The number of nitrogens with two attached hydrogens (primary N) is 1.